The van der Waals surface area contributed by atoms with Gasteiger partial charge in [0.25, 0.3) is 17.7 Å². The van der Waals surface area contributed by atoms with E-state index in [1.54, 1.807) is 67.1 Å². The van der Waals surface area contributed by atoms with Crippen molar-refractivity contribution in [3.8, 4) is 28.4 Å². The topological polar surface area (TPSA) is 147 Å². The van der Waals surface area contributed by atoms with Gasteiger partial charge in [0.05, 0.1) is 31.2 Å². The fourth-order valence-corrected chi connectivity index (χ4v) is 9.59. The Morgan fingerprint density at radius 2 is 1.46 bits per heavy atom. The first-order chi connectivity index (χ1) is 30.1. The molecule has 2 fully saturated rings. The Labute approximate surface area is 370 Å². The molecule has 2 saturated carbocycles. The minimum absolute atomic E-state index is 0.0506. The summed E-state index contributed by atoms with van der Waals surface area (Å²) < 4.78 is 26.6. The lowest BCUT2D eigenvalue weighted by molar-refractivity contribution is -0.151. The van der Waals surface area contributed by atoms with Gasteiger partial charge in [0.1, 0.15) is 22.9 Å². The highest BCUT2D eigenvalue weighted by Gasteiger charge is 2.53. The number of nitrogens with one attached hydrogen (secondary N) is 1. The van der Waals surface area contributed by atoms with Gasteiger partial charge in [0.2, 0.25) is 0 Å². The van der Waals surface area contributed by atoms with Crippen LogP contribution in [0.4, 0.5) is 4.39 Å². The van der Waals surface area contributed by atoms with Crippen molar-refractivity contribution in [1.29, 1.82) is 0 Å². The van der Waals surface area contributed by atoms with Gasteiger partial charge in [0.15, 0.2) is 5.69 Å². The number of rotatable bonds is 18. The number of carbonyl (C=O) groups excluding carboxylic acids is 3. The van der Waals surface area contributed by atoms with Crippen molar-refractivity contribution in [3.05, 3.63) is 94.9 Å². The van der Waals surface area contributed by atoms with E-state index in [2.05, 4.69) is 17.1 Å². The van der Waals surface area contributed by atoms with E-state index in [1.807, 2.05) is 39.1 Å². The quantitative estimate of drug-likeness (QED) is 0.102. The van der Waals surface area contributed by atoms with E-state index in [-0.39, 0.29) is 35.2 Å². The Bertz CT molecular complexity index is 2250. The lowest BCUT2D eigenvalue weighted by Gasteiger charge is -2.48. The number of hydrogen-bond donors (Lipinski definition) is 2. The number of hydrogen-bond acceptors (Lipinski definition) is 8. The van der Waals surface area contributed by atoms with Gasteiger partial charge in [-0.05, 0) is 155 Å². The summed E-state index contributed by atoms with van der Waals surface area (Å²) in [6.07, 6.45) is 5.20. The van der Waals surface area contributed by atoms with Crippen LogP contribution in [0.1, 0.15) is 108 Å². The highest BCUT2D eigenvalue weighted by atomic mass is 19.1. The SMILES string of the molecule is COc1cccc(OC)c1-c1cc(C(=O)NC2(C(=O)O)CCC3CC(C)CC2C3)nn1-c1ccc(C(=O)N(C)CCCN(C)CCCN(C)C(=O)c2ccc(F)cc2)cc1C(C)C. The zero-order valence-electron chi connectivity index (χ0n) is 37.9. The third-order valence-corrected chi connectivity index (χ3v) is 13.0. The van der Waals surface area contributed by atoms with Crippen molar-refractivity contribution in [2.24, 2.45) is 17.8 Å². The van der Waals surface area contributed by atoms with Crippen LogP contribution in [0.25, 0.3) is 16.9 Å². The van der Waals surface area contributed by atoms with Gasteiger partial charge in [-0.25, -0.2) is 13.9 Å². The minimum atomic E-state index is -1.40. The van der Waals surface area contributed by atoms with E-state index >= 15 is 0 Å². The van der Waals surface area contributed by atoms with E-state index in [4.69, 9.17) is 14.6 Å². The van der Waals surface area contributed by atoms with Crippen LogP contribution in [0.15, 0.2) is 66.7 Å². The summed E-state index contributed by atoms with van der Waals surface area (Å²) in [7, 11) is 8.66. The second kappa shape index (κ2) is 20.2. The molecule has 0 radical (unpaired) electrons. The molecule has 4 atom stereocenters. The summed E-state index contributed by atoms with van der Waals surface area (Å²) in [5, 5.41) is 18.6. The maximum absolute atomic E-state index is 14.3. The molecule has 1 heterocycles. The Morgan fingerprint density at radius 1 is 0.857 bits per heavy atom. The van der Waals surface area contributed by atoms with Crippen LogP contribution in [0.5, 0.6) is 11.5 Å². The predicted molar refractivity (Wildman–Crippen MR) is 240 cm³/mol. The molecule has 13 nitrogen and oxygen atoms in total. The summed E-state index contributed by atoms with van der Waals surface area (Å²) in [6, 6.07) is 18.1. The molecular weight excluding hydrogens is 804 g/mol. The number of fused-ring (bicyclic) bond motifs is 2. The van der Waals surface area contributed by atoms with Crippen molar-refractivity contribution in [2.75, 3.05) is 61.5 Å². The normalized spacial score (nSPS) is 19.4. The molecule has 63 heavy (non-hydrogen) atoms. The summed E-state index contributed by atoms with van der Waals surface area (Å²) in [6.45, 7) is 8.81. The summed E-state index contributed by atoms with van der Waals surface area (Å²) in [5.74, 6) is -0.671. The highest BCUT2D eigenvalue weighted by molar-refractivity contribution is 5.98. The number of aliphatic carboxylic acids is 1. The van der Waals surface area contributed by atoms with Crippen LogP contribution in [-0.2, 0) is 4.79 Å². The monoisotopic (exact) mass is 866 g/mol. The van der Waals surface area contributed by atoms with Crippen molar-refractivity contribution in [2.45, 2.75) is 77.2 Å². The summed E-state index contributed by atoms with van der Waals surface area (Å²) >= 11 is 0. The molecule has 2 N–H and O–H groups in total. The van der Waals surface area contributed by atoms with Crippen molar-refractivity contribution in [1.82, 2.24) is 29.8 Å². The van der Waals surface area contributed by atoms with Crippen LogP contribution < -0.4 is 14.8 Å². The average molecular weight is 867 g/mol. The van der Waals surface area contributed by atoms with Crippen LogP contribution >= 0.6 is 0 Å². The molecule has 0 saturated heterocycles. The third-order valence-electron chi connectivity index (χ3n) is 13.0. The fourth-order valence-electron chi connectivity index (χ4n) is 9.59. The van der Waals surface area contributed by atoms with Crippen LogP contribution in [0, 0.1) is 23.6 Å². The summed E-state index contributed by atoms with van der Waals surface area (Å²) in [5.41, 5.74) is 2.14. The molecule has 1 aromatic heterocycles. The molecular formula is C49H63FN6O7. The Hall–Kier alpha value is -5.76. The average Bonchev–Trinajstić information content (AvgIpc) is 3.71. The van der Waals surface area contributed by atoms with Gasteiger partial charge in [-0.2, -0.15) is 5.10 Å². The number of halogens is 1. The Kier molecular flexibility index (Phi) is 15.0. The fraction of sp³-hybridized carbons (Fsp3) is 0.490. The molecule has 0 aliphatic heterocycles. The largest absolute Gasteiger partial charge is 0.496 e. The molecule has 338 valence electrons. The number of nitrogens with zero attached hydrogens (tertiary/aromatic N) is 5. The molecule has 2 aliphatic carbocycles. The number of ether oxygens (including phenoxy) is 2. The molecule has 4 unspecified atom stereocenters. The third kappa shape index (κ3) is 10.4. The lowest BCUT2D eigenvalue weighted by Crippen LogP contribution is -2.62. The van der Waals surface area contributed by atoms with E-state index in [0.29, 0.717) is 70.9 Å². The van der Waals surface area contributed by atoms with Crippen LogP contribution in [0.3, 0.4) is 0 Å². The van der Waals surface area contributed by atoms with E-state index in [1.165, 1.54) is 24.3 Å². The first-order valence-corrected chi connectivity index (χ1v) is 22.0. The molecule has 0 spiro atoms. The second-order valence-electron chi connectivity index (χ2n) is 17.9. The first kappa shape index (κ1) is 46.7. The van der Waals surface area contributed by atoms with Crippen LogP contribution in [0.2, 0.25) is 0 Å². The first-order valence-electron chi connectivity index (χ1n) is 22.0. The smallest absolute Gasteiger partial charge is 0.329 e. The van der Waals surface area contributed by atoms with E-state index < -0.39 is 17.4 Å². The molecule has 2 bridgehead atoms. The highest BCUT2D eigenvalue weighted by Crippen LogP contribution is 2.48. The lowest BCUT2D eigenvalue weighted by atomic mass is 9.60. The van der Waals surface area contributed by atoms with Gasteiger partial charge >= 0.3 is 5.97 Å². The zero-order valence-corrected chi connectivity index (χ0v) is 37.9. The van der Waals surface area contributed by atoms with Gasteiger partial charge in [-0.1, -0.05) is 26.8 Å². The Balaban J connectivity index is 1.20. The van der Waals surface area contributed by atoms with Crippen LogP contribution in [-0.4, -0.2) is 120 Å². The molecule has 2 aliphatic rings. The molecule has 4 aromatic rings. The van der Waals surface area contributed by atoms with Crippen molar-refractivity contribution in [3.63, 3.8) is 0 Å². The molecule has 3 amide bonds. The molecule has 6 rings (SSSR count). The predicted octanol–water partition coefficient (Wildman–Crippen LogP) is 7.77. The number of methoxy groups -OCH3 is 2. The standard InChI is InChI=1S/C49H63FN6O7/c1-31(2)38-29-35(47(59)55(6)25-11-23-53(4)22-10-24-54(5)46(58)34-14-17-37(50)18-15-34)16-19-40(38)56-41(44-42(62-7)12-9-13-43(44)63-8)30-39(52-56)45(57)51-49(48(60)61)21-20-33-26-32(3)27-36(49)28-33/h9,12-19,29-33,36H,10-11,20-28H2,1-8H3,(H,51,57)(H,60,61). The number of carboxylic acids is 1. The maximum atomic E-state index is 14.3. The van der Waals surface area contributed by atoms with Crippen molar-refractivity contribution >= 4 is 23.7 Å². The molecule has 3 aromatic carbocycles. The minimum Gasteiger partial charge on any atom is -0.496 e. The van der Waals surface area contributed by atoms with Gasteiger partial charge in [0, 0.05) is 38.3 Å². The molecule has 14 heteroatoms. The van der Waals surface area contributed by atoms with Gasteiger partial charge in [-0.3, -0.25) is 14.4 Å². The number of amides is 3. The van der Waals surface area contributed by atoms with E-state index in [0.717, 1.165) is 57.2 Å². The van der Waals surface area contributed by atoms with Crippen molar-refractivity contribution < 1.29 is 38.1 Å². The van der Waals surface area contributed by atoms with Gasteiger partial charge in [-0.15, -0.1) is 0 Å². The van der Waals surface area contributed by atoms with Gasteiger partial charge < -0.3 is 34.6 Å². The number of carboxylic acid groups (broad SMARTS) is 1. The number of aromatic nitrogens is 2. The maximum Gasteiger partial charge on any atom is 0.329 e. The zero-order chi connectivity index (χ0) is 45.6. The Morgan fingerprint density at radius 3 is 2.05 bits per heavy atom. The summed E-state index contributed by atoms with van der Waals surface area (Å²) in [4.78, 5) is 59.5. The number of benzene rings is 3. The second-order valence-corrected chi connectivity index (χ2v) is 17.9. The van der Waals surface area contributed by atoms with E-state index in [9.17, 15) is 28.7 Å². The number of carbonyl (C=O) groups is 4.